The molecule has 1 aromatic carbocycles. The van der Waals surface area contributed by atoms with Crippen LogP contribution >= 0.6 is 0 Å². The molecule has 0 atom stereocenters. The van der Waals surface area contributed by atoms with Gasteiger partial charge in [-0.1, -0.05) is 0 Å². The van der Waals surface area contributed by atoms with E-state index in [0.717, 1.165) is 11.4 Å². The number of phenols is 1. The Balaban J connectivity index is 0.00000288. The number of aryl methyl sites for hydroxylation is 1. The zero-order valence-electron chi connectivity index (χ0n) is 14.3. The maximum Gasteiger partial charge on any atom is 0.498 e. The summed E-state index contributed by atoms with van der Waals surface area (Å²) in [7, 11) is 6.46. The second-order valence-corrected chi connectivity index (χ2v) is 5.18. The first kappa shape index (κ1) is 19.6. The van der Waals surface area contributed by atoms with Crippen LogP contribution in [-0.4, -0.2) is 23.9 Å². The van der Waals surface area contributed by atoms with Crippen molar-refractivity contribution in [3.05, 3.63) is 45.6 Å². The van der Waals surface area contributed by atoms with E-state index < -0.39 is 0 Å². The van der Waals surface area contributed by atoms with Crippen molar-refractivity contribution in [2.75, 3.05) is 14.2 Å². The summed E-state index contributed by atoms with van der Waals surface area (Å²) in [4.78, 5) is 12.1. The molecule has 0 radical (unpaired) electrons. The van der Waals surface area contributed by atoms with Crippen molar-refractivity contribution < 1.29 is 31.6 Å². The lowest BCUT2D eigenvalue weighted by Gasteiger charge is -2.11. The van der Waals surface area contributed by atoms with Crippen molar-refractivity contribution in [3.63, 3.8) is 0 Å². The molecule has 0 spiro atoms. The standard InChI is InChI=1S/C17H20N2O4.ClH/c1-11-10-12(19(3)17(21)18(11)2)6-7-13-15(22-4)9-8-14(20)16(13)23-5;/h6-10H,1-5H3;1H/b7-6+;. The predicted octanol–water partition coefficient (Wildman–Crippen LogP) is -1.58. The van der Waals surface area contributed by atoms with Crippen LogP contribution in [0.25, 0.3) is 12.2 Å². The van der Waals surface area contributed by atoms with Crippen LogP contribution < -0.4 is 32.1 Å². The minimum absolute atomic E-state index is 0. The zero-order chi connectivity index (χ0) is 17.1. The van der Waals surface area contributed by atoms with E-state index >= 15 is 0 Å². The van der Waals surface area contributed by atoms with Gasteiger partial charge in [-0.25, -0.2) is 0 Å². The van der Waals surface area contributed by atoms with Crippen molar-refractivity contribution in [3.8, 4) is 17.2 Å². The Morgan fingerprint density at radius 2 is 1.88 bits per heavy atom. The van der Waals surface area contributed by atoms with Gasteiger partial charge in [0.15, 0.2) is 11.5 Å². The summed E-state index contributed by atoms with van der Waals surface area (Å²) in [6.45, 7) is 1.87. The third-order valence-electron chi connectivity index (χ3n) is 3.83. The van der Waals surface area contributed by atoms with E-state index in [1.54, 1.807) is 48.6 Å². The van der Waals surface area contributed by atoms with E-state index in [9.17, 15) is 9.90 Å². The number of phenolic OH excluding ortho intramolecular Hbond substituents is 1. The maximum absolute atomic E-state index is 12.1. The monoisotopic (exact) mass is 352 g/mol. The van der Waals surface area contributed by atoms with Crippen molar-refractivity contribution in [1.29, 1.82) is 0 Å². The summed E-state index contributed by atoms with van der Waals surface area (Å²) in [6.07, 6.45) is 3.54. The minimum Gasteiger partial charge on any atom is -1.00 e. The van der Waals surface area contributed by atoms with Crippen molar-refractivity contribution >= 4 is 12.2 Å². The lowest BCUT2D eigenvalue weighted by atomic mass is 10.1. The molecule has 0 saturated heterocycles. The number of hydrogen-bond donors (Lipinski definition) is 1. The SMILES string of the molecule is COc1ccc(O)c(OC)c1/C=C/c1cc(C)[n+](C)c(=O)n1C.[Cl-]. The fraction of sp³-hybridized carbons (Fsp3) is 0.294. The number of halogens is 1. The smallest absolute Gasteiger partial charge is 0.498 e. The third kappa shape index (κ3) is 3.54. The second kappa shape index (κ2) is 7.88. The largest absolute Gasteiger partial charge is 1.00 e. The Hall–Kier alpha value is -2.47. The summed E-state index contributed by atoms with van der Waals surface area (Å²) in [5.74, 6) is 0.917. The van der Waals surface area contributed by atoms with Crippen LogP contribution in [0.4, 0.5) is 0 Å². The molecule has 24 heavy (non-hydrogen) atoms. The molecule has 6 nitrogen and oxygen atoms in total. The van der Waals surface area contributed by atoms with Gasteiger partial charge in [-0.15, -0.1) is 0 Å². The molecule has 130 valence electrons. The molecule has 2 rings (SSSR count). The highest BCUT2D eigenvalue weighted by Crippen LogP contribution is 2.37. The first-order valence-electron chi connectivity index (χ1n) is 7.09. The van der Waals surface area contributed by atoms with Gasteiger partial charge >= 0.3 is 5.69 Å². The van der Waals surface area contributed by atoms with E-state index in [-0.39, 0.29) is 23.8 Å². The normalized spacial score (nSPS) is 10.5. The van der Waals surface area contributed by atoms with E-state index in [0.29, 0.717) is 17.1 Å². The van der Waals surface area contributed by atoms with Crippen LogP contribution in [0.15, 0.2) is 23.0 Å². The first-order chi connectivity index (χ1) is 10.9. The summed E-state index contributed by atoms with van der Waals surface area (Å²) >= 11 is 0. The van der Waals surface area contributed by atoms with E-state index in [1.807, 2.05) is 13.0 Å². The number of aromatic hydroxyl groups is 1. The molecule has 2 aromatic rings. The summed E-state index contributed by atoms with van der Waals surface area (Å²) in [6, 6.07) is 5.07. The van der Waals surface area contributed by atoms with Gasteiger partial charge in [-0.3, -0.25) is 0 Å². The van der Waals surface area contributed by atoms with Gasteiger partial charge in [-0.05, 0) is 31.2 Å². The quantitative estimate of drug-likeness (QED) is 0.674. The van der Waals surface area contributed by atoms with E-state index in [1.165, 1.54) is 13.2 Å². The van der Waals surface area contributed by atoms with Crippen LogP contribution in [0.1, 0.15) is 17.0 Å². The number of methoxy groups -OCH3 is 2. The summed E-state index contributed by atoms with van der Waals surface area (Å²) < 4.78 is 13.7. The van der Waals surface area contributed by atoms with E-state index in [2.05, 4.69) is 0 Å². The zero-order valence-corrected chi connectivity index (χ0v) is 15.1. The molecule has 0 unspecified atom stereocenters. The van der Waals surface area contributed by atoms with Gasteiger partial charge in [0.2, 0.25) is 0 Å². The molecule has 1 aromatic heterocycles. The highest BCUT2D eigenvalue weighted by atomic mass is 35.5. The Morgan fingerprint density at radius 1 is 1.21 bits per heavy atom. The molecule has 0 fully saturated rings. The molecule has 7 heteroatoms. The van der Waals surface area contributed by atoms with Gasteiger partial charge in [-0.2, -0.15) is 13.9 Å². The number of hydrogen-bond acceptors (Lipinski definition) is 4. The van der Waals surface area contributed by atoms with Crippen molar-refractivity contribution in [2.45, 2.75) is 6.92 Å². The van der Waals surface area contributed by atoms with Gasteiger partial charge in [0.1, 0.15) is 17.1 Å². The highest BCUT2D eigenvalue weighted by molar-refractivity contribution is 5.77. The van der Waals surface area contributed by atoms with Crippen molar-refractivity contribution in [2.24, 2.45) is 14.1 Å². The summed E-state index contributed by atoms with van der Waals surface area (Å²) in [5.41, 5.74) is 2.08. The minimum atomic E-state index is -0.112. The number of rotatable bonds is 4. The molecular weight excluding hydrogens is 332 g/mol. The maximum atomic E-state index is 12.1. The molecule has 0 amide bonds. The van der Waals surface area contributed by atoms with Crippen LogP contribution in [0.3, 0.4) is 0 Å². The molecule has 0 saturated carbocycles. The number of aromatic nitrogens is 2. The Bertz CT molecular complexity index is 828. The number of ether oxygens (including phenoxy) is 2. The molecule has 1 N–H and O–H groups in total. The predicted molar refractivity (Wildman–Crippen MR) is 87.7 cm³/mol. The molecule has 0 aliphatic carbocycles. The number of benzene rings is 1. The Labute approximate surface area is 147 Å². The first-order valence-corrected chi connectivity index (χ1v) is 7.09. The van der Waals surface area contributed by atoms with Gasteiger partial charge < -0.3 is 27.0 Å². The topological polar surface area (TPSA) is 64.6 Å². The lowest BCUT2D eigenvalue weighted by molar-refractivity contribution is -0.696. The Morgan fingerprint density at radius 3 is 2.46 bits per heavy atom. The molecular formula is C17H21ClN2O4. The lowest BCUT2D eigenvalue weighted by Crippen LogP contribution is -3.00. The molecule has 0 aliphatic heterocycles. The summed E-state index contributed by atoms with van der Waals surface area (Å²) in [5, 5.41) is 9.91. The van der Waals surface area contributed by atoms with Gasteiger partial charge in [0.25, 0.3) is 0 Å². The second-order valence-electron chi connectivity index (χ2n) is 5.18. The van der Waals surface area contributed by atoms with Gasteiger partial charge in [0, 0.05) is 6.07 Å². The number of nitrogens with zero attached hydrogens (tertiary/aromatic N) is 2. The Kier molecular flexibility index (Phi) is 6.42. The average molecular weight is 353 g/mol. The van der Waals surface area contributed by atoms with Crippen LogP contribution in [0, 0.1) is 6.92 Å². The molecule has 0 bridgehead atoms. The van der Waals surface area contributed by atoms with Gasteiger partial charge in [0.05, 0.1) is 33.9 Å². The average Bonchev–Trinajstić information content (AvgIpc) is 2.55. The fourth-order valence-corrected chi connectivity index (χ4v) is 2.34. The highest BCUT2D eigenvalue weighted by Gasteiger charge is 2.14. The fourth-order valence-electron chi connectivity index (χ4n) is 2.34. The van der Waals surface area contributed by atoms with Crippen LogP contribution in [-0.2, 0) is 14.1 Å². The van der Waals surface area contributed by atoms with E-state index in [4.69, 9.17) is 9.47 Å². The van der Waals surface area contributed by atoms with Crippen LogP contribution in [0.2, 0.25) is 0 Å². The third-order valence-corrected chi connectivity index (χ3v) is 3.83. The van der Waals surface area contributed by atoms with Crippen molar-refractivity contribution in [1.82, 2.24) is 4.57 Å². The molecule has 0 aliphatic rings. The molecule has 1 heterocycles. The van der Waals surface area contributed by atoms with Crippen LogP contribution in [0.5, 0.6) is 17.2 Å².